The van der Waals surface area contributed by atoms with E-state index in [0.717, 1.165) is 10.0 Å². The van der Waals surface area contributed by atoms with Crippen molar-refractivity contribution in [2.45, 2.75) is 25.1 Å². The van der Waals surface area contributed by atoms with Crippen LogP contribution in [0.25, 0.3) is 0 Å². The van der Waals surface area contributed by atoms with E-state index < -0.39 is 6.10 Å². The van der Waals surface area contributed by atoms with Crippen molar-refractivity contribution in [2.24, 2.45) is 0 Å². The zero-order valence-electron chi connectivity index (χ0n) is 9.32. The third-order valence-electron chi connectivity index (χ3n) is 2.84. The largest absolute Gasteiger partial charge is 0.392 e. The lowest BCUT2D eigenvalue weighted by atomic mass is 10.2. The maximum Gasteiger partial charge on any atom is 0.237 e. The Morgan fingerprint density at radius 2 is 2.29 bits per heavy atom. The van der Waals surface area contributed by atoms with Crippen LogP contribution in [0, 0.1) is 0 Å². The summed E-state index contributed by atoms with van der Waals surface area (Å²) in [7, 11) is 0. The van der Waals surface area contributed by atoms with Crippen LogP contribution in [0.15, 0.2) is 28.7 Å². The van der Waals surface area contributed by atoms with E-state index in [1.807, 2.05) is 24.3 Å². The van der Waals surface area contributed by atoms with Crippen LogP contribution >= 0.6 is 15.9 Å². The van der Waals surface area contributed by atoms with Gasteiger partial charge in [-0.1, -0.05) is 34.1 Å². The summed E-state index contributed by atoms with van der Waals surface area (Å²) in [6.07, 6.45) is 0.0798. The molecular formula is C12H15BrN2O2. The fourth-order valence-corrected chi connectivity index (χ4v) is 2.29. The Balaban J connectivity index is 1.86. The first-order chi connectivity index (χ1) is 8.16. The number of carbonyl (C=O) groups is 1. The first-order valence-corrected chi connectivity index (χ1v) is 6.38. The number of benzene rings is 1. The smallest absolute Gasteiger partial charge is 0.237 e. The van der Waals surface area contributed by atoms with Gasteiger partial charge in [0.15, 0.2) is 0 Å². The summed E-state index contributed by atoms with van der Waals surface area (Å²) in [5.41, 5.74) is 1.04. The number of hydrogen-bond donors (Lipinski definition) is 3. The number of amides is 1. The Kier molecular flexibility index (Phi) is 4.15. The van der Waals surface area contributed by atoms with Gasteiger partial charge in [-0.2, -0.15) is 0 Å². The summed E-state index contributed by atoms with van der Waals surface area (Å²) in [5.74, 6) is -0.0581. The molecule has 1 saturated heterocycles. The fraction of sp³-hybridized carbons (Fsp3) is 0.417. The molecule has 1 heterocycles. The van der Waals surface area contributed by atoms with Crippen molar-refractivity contribution in [1.29, 1.82) is 0 Å². The summed E-state index contributed by atoms with van der Waals surface area (Å²) in [6, 6.07) is 7.50. The maximum absolute atomic E-state index is 11.8. The molecule has 0 saturated carbocycles. The molecule has 0 unspecified atom stereocenters. The lowest BCUT2D eigenvalue weighted by Crippen LogP contribution is -2.40. The van der Waals surface area contributed by atoms with Gasteiger partial charge in [-0.15, -0.1) is 0 Å². The summed E-state index contributed by atoms with van der Waals surface area (Å²) in [4.78, 5) is 11.8. The summed E-state index contributed by atoms with van der Waals surface area (Å²) < 4.78 is 0.986. The van der Waals surface area contributed by atoms with Gasteiger partial charge in [-0.3, -0.25) is 4.79 Å². The van der Waals surface area contributed by atoms with E-state index in [-0.39, 0.29) is 11.9 Å². The zero-order chi connectivity index (χ0) is 12.3. The van der Waals surface area contributed by atoms with E-state index in [9.17, 15) is 9.90 Å². The second-order valence-electron chi connectivity index (χ2n) is 4.16. The van der Waals surface area contributed by atoms with E-state index in [4.69, 9.17) is 0 Å². The van der Waals surface area contributed by atoms with Crippen LogP contribution in [0.1, 0.15) is 12.0 Å². The molecule has 0 radical (unpaired) electrons. The fourth-order valence-electron chi connectivity index (χ4n) is 1.86. The molecule has 4 nitrogen and oxygen atoms in total. The van der Waals surface area contributed by atoms with Gasteiger partial charge in [0.05, 0.1) is 12.1 Å². The standard InChI is InChI=1S/C12H15BrN2O2/c13-10-4-2-1-3-8(10)6-15-12(17)11-5-9(16)7-14-11/h1-4,9,11,14,16H,5-7H2,(H,15,17)/t9-,11+/m0/s1. The molecule has 92 valence electrons. The van der Waals surface area contributed by atoms with Gasteiger partial charge in [-0.25, -0.2) is 0 Å². The van der Waals surface area contributed by atoms with Crippen LogP contribution in [0.3, 0.4) is 0 Å². The molecule has 1 aliphatic rings. The molecule has 0 spiro atoms. The highest BCUT2D eigenvalue weighted by atomic mass is 79.9. The van der Waals surface area contributed by atoms with E-state index in [0.29, 0.717) is 19.5 Å². The Hall–Kier alpha value is -0.910. The van der Waals surface area contributed by atoms with Gasteiger partial charge >= 0.3 is 0 Å². The van der Waals surface area contributed by atoms with E-state index in [1.54, 1.807) is 0 Å². The highest BCUT2D eigenvalue weighted by Gasteiger charge is 2.27. The Morgan fingerprint density at radius 3 is 2.94 bits per heavy atom. The predicted octanol–water partition coefficient (Wildman–Crippen LogP) is 0.788. The van der Waals surface area contributed by atoms with Crippen molar-refractivity contribution in [2.75, 3.05) is 6.54 Å². The molecule has 5 heteroatoms. The topological polar surface area (TPSA) is 61.4 Å². The maximum atomic E-state index is 11.8. The normalized spacial score (nSPS) is 23.6. The highest BCUT2D eigenvalue weighted by molar-refractivity contribution is 9.10. The van der Waals surface area contributed by atoms with Crippen molar-refractivity contribution in [3.8, 4) is 0 Å². The minimum atomic E-state index is -0.408. The minimum absolute atomic E-state index is 0.0581. The van der Waals surface area contributed by atoms with E-state index in [2.05, 4.69) is 26.6 Å². The van der Waals surface area contributed by atoms with Gasteiger partial charge in [-0.05, 0) is 18.1 Å². The molecule has 2 atom stereocenters. The molecule has 1 aromatic carbocycles. The quantitative estimate of drug-likeness (QED) is 0.773. The molecule has 3 N–H and O–H groups in total. The predicted molar refractivity (Wildman–Crippen MR) is 68.4 cm³/mol. The second-order valence-corrected chi connectivity index (χ2v) is 5.01. The average Bonchev–Trinajstić information content (AvgIpc) is 2.74. The molecule has 0 aliphatic carbocycles. The molecule has 1 aromatic rings. The first-order valence-electron chi connectivity index (χ1n) is 5.59. The van der Waals surface area contributed by atoms with Crippen molar-refractivity contribution >= 4 is 21.8 Å². The number of halogens is 1. The van der Waals surface area contributed by atoms with Gasteiger partial charge in [0, 0.05) is 17.6 Å². The molecule has 1 aliphatic heterocycles. The van der Waals surface area contributed by atoms with Crippen LogP contribution in [0.5, 0.6) is 0 Å². The molecule has 0 aromatic heterocycles. The number of aliphatic hydroxyl groups excluding tert-OH is 1. The third kappa shape index (κ3) is 3.28. The Bertz CT molecular complexity index is 411. The Morgan fingerprint density at radius 1 is 1.53 bits per heavy atom. The van der Waals surface area contributed by atoms with E-state index >= 15 is 0 Å². The molecule has 0 bridgehead atoms. The first kappa shape index (κ1) is 12.5. The number of nitrogens with one attached hydrogen (secondary N) is 2. The number of rotatable bonds is 3. The van der Waals surface area contributed by atoms with Crippen LogP contribution in [-0.4, -0.2) is 29.7 Å². The van der Waals surface area contributed by atoms with E-state index in [1.165, 1.54) is 0 Å². The lowest BCUT2D eigenvalue weighted by Gasteiger charge is -2.11. The molecule has 17 heavy (non-hydrogen) atoms. The van der Waals surface area contributed by atoms with Crippen LogP contribution in [0.2, 0.25) is 0 Å². The molecular weight excluding hydrogens is 284 g/mol. The third-order valence-corrected chi connectivity index (χ3v) is 3.61. The van der Waals surface area contributed by atoms with Gasteiger partial charge < -0.3 is 15.7 Å². The number of carbonyl (C=O) groups excluding carboxylic acids is 1. The molecule has 1 fully saturated rings. The van der Waals surface area contributed by atoms with Crippen LogP contribution < -0.4 is 10.6 Å². The van der Waals surface area contributed by atoms with Gasteiger partial charge in [0.1, 0.15) is 0 Å². The summed E-state index contributed by atoms with van der Waals surface area (Å²) >= 11 is 3.43. The van der Waals surface area contributed by atoms with Crippen LogP contribution in [-0.2, 0) is 11.3 Å². The second kappa shape index (κ2) is 5.62. The number of hydrogen-bond acceptors (Lipinski definition) is 3. The van der Waals surface area contributed by atoms with Crippen molar-refractivity contribution < 1.29 is 9.90 Å². The van der Waals surface area contributed by atoms with Gasteiger partial charge in [0.25, 0.3) is 0 Å². The minimum Gasteiger partial charge on any atom is -0.392 e. The van der Waals surface area contributed by atoms with Crippen molar-refractivity contribution in [3.05, 3.63) is 34.3 Å². The molecule has 1 amide bonds. The van der Waals surface area contributed by atoms with Crippen molar-refractivity contribution in [1.82, 2.24) is 10.6 Å². The van der Waals surface area contributed by atoms with Crippen molar-refractivity contribution in [3.63, 3.8) is 0 Å². The van der Waals surface area contributed by atoms with Crippen LogP contribution in [0.4, 0.5) is 0 Å². The zero-order valence-corrected chi connectivity index (χ0v) is 10.9. The monoisotopic (exact) mass is 298 g/mol. The Labute approximate surface area is 109 Å². The highest BCUT2D eigenvalue weighted by Crippen LogP contribution is 2.15. The van der Waals surface area contributed by atoms with Gasteiger partial charge in [0.2, 0.25) is 5.91 Å². The summed E-state index contributed by atoms with van der Waals surface area (Å²) in [5, 5.41) is 15.2. The summed E-state index contributed by atoms with van der Waals surface area (Å²) in [6.45, 7) is 0.988. The number of aliphatic hydroxyl groups is 1. The molecule has 2 rings (SSSR count). The number of β-amino-alcohol motifs (C(OH)–C–C–N with tert-alkyl or cyclic N) is 1. The SMILES string of the molecule is O=C(NCc1ccccc1Br)[C@H]1C[C@H](O)CN1. The lowest BCUT2D eigenvalue weighted by molar-refractivity contribution is -0.123. The average molecular weight is 299 g/mol.